The van der Waals surface area contributed by atoms with Crippen molar-refractivity contribution >= 4 is 35.1 Å². The molecule has 0 saturated carbocycles. The Bertz CT molecular complexity index is 975. The lowest BCUT2D eigenvalue weighted by Crippen LogP contribution is -2.49. The first kappa shape index (κ1) is 22.7. The number of esters is 1. The fourth-order valence-corrected chi connectivity index (χ4v) is 3.22. The van der Waals surface area contributed by atoms with Crippen molar-refractivity contribution in [2.75, 3.05) is 49.6 Å². The third-order valence-corrected chi connectivity index (χ3v) is 4.75. The number of hydrogen-bond donors (Lipinski definition) is 1. The Kier molecular flexibility index (Phi) is 7.37. The highest BCUT2D eigenvalue weighted by Crippen LogP contribution is 2.34. The van der Waals surface area contributed by atoms with E-state index in [0.717, 1.165) is 0 Å². The standard InChI is InChI=1S/C20H24N6O6/c1-3-31-19(27)14-5-7-15(8-6-14)23-17-16(26(29)30)18(22-13-21-17)24-9-11-25(12-10-24)20(28)32-4-2/h5-8,13H,3-4,9-12H2,1-2H3,(H,21,22,23). The molecule has 0 aliphatic carbocycles. The van der Waals surface area contributed by atoms with E-state index >= 15 is 0 Å². The maximum atomic E-state index is 11.9. The number of carbonyl (C=O) groups excluding carboxylic acids is 2. The predicted molar refractivity (Wildman–Crippen MR) is 115 cm³/mol. The molecule has 1 N–H and O–H groups in total. The summed E-state index contributed by atoms with van der Waals surface area (Å²) in [5.41, 5.74) is 0.610. The van der Waals surface area contributed by atoms with Crippen molar-refractivity contribution in [1.29, 1.82) is 0 Å². The van der Waals surface area contributed by atoms with E-state index in [4.69, 9.17) is 9.47 Å². The largest absolute Gasteiger partial charge is 0.462 e. The van der Waals surface area contributed by atoms with Crippen LogP contribution in [0.15, 0.2) is 30.6 Å². The minimum Gasteiger partial charge on any atom is -0.462 e. The molecule has 1 aromatic heterocycles. The summed E-state index contributed by atoms with van der Waals surface area (Å²) in [6, 6.07) is 6.33. The van der Waals surface area contributed by atoms with Gasteiger partial charge in [-0.15, -0.1) is 0 Å². The van der Waals surface area contributed by atoms with Crippen LogP contribution in [0.3, 0.4) is 0 Å². The van der Waals surface area contributed by atoms with Crippen LogP contribution in [0.1, 0.15) is 24.2 Å². The number of nitro groups is 1. The van der Waals surface area contributed by atoms with Crippen molar-refractivity contribution in [1.82, 2.24) is 14.9 Å². The van der Waals surface area contributed by atoms with Crippen LogP contribution in [0, 0.1) is 10.1 Å². The molecule has 1 aliphatic heterocycles. The lowest BCUT2D eigenvalue weighted by Gasteiger charge is -2.34. The summed E-state index contributed by atoms with van der Waals surface area (Å²) < 4.78 is 9.95. The summed E-state index contributed by atoms with van der Waals surface area (Å²) in [5.74, 6) is -0.257. The Morgan fingerprint density at radius 1 is 1.06 bits per heavy atom. The van der Waals surface area contributed by atoms with Gasteiger partial charge in [-0.3, -0.25) is 10.1 Å². The molecule has 0 radical (unpaired) electrons. The number of ether oxygens (including phenoxy) is 2. The zero-order chi connectivity index (χ0) is 23.1. The quantitative estimate of drug-likeness (QED) is 0.385. The van der Waals surface area contributed by atoms with Gasteiger partial charge in [0.2, 0.25) is 11.6 Å². The molecule has 170 valence electrons. The molecule has 0 spiro atoms. The maximum Gasteiger partial charge on any atom is 0.409 e. The van der Waals surface area contributed by atoms with Gasteiger partial charge in [-0.25, -0.2) is 19.6 Å². The smallest absolute Gasteiger partial charge is 0.409 e. The number of nitrogens with zero attached hydrogens (tertiary/aromatic N) is 5. The van der Waals surface area contributed by atoms with Crippen LogP contribution in [0.5, 0.6) is 0 Å². The van der Waals surface area contributed by atoms with Crippen molar-refractivity contribution in [3.8, 4) is 0 Å². The van der Waals surface area contributed by atoms with Gasteiger partial charge in [-0.2, -0.15) is 0 Å². The van der Waals surface area contributed by atoms with Crippen LogP contribution in [0.25, 0.3) is 0 Å². The van der Waals surface area contributed by atoms with Crippen molar-refractivity contribution < 1.29 is 24.0 Å². The monoisotopic (exact) mass is 444 g/mol. The van der Waals surface area contributed by atoms with E-state index < -0.39 is 17.0 Å². The van der Waals surface area contributed by atoms with Gasteiger partial charge in [0.05, 0.1) is 23.7 Å². The minimum atomic E-state index is -0.539. The molecule has 3 rings (SSSR count). The zero-order valence-corrected chi connectivity index (χ0v) is 17.8. The molecular formula is C20H24N6O6. The molecule has 2 heterocycles. The number of carbonyl (C=O) groups is 2. The van der Waals surface area contributed by atoms with Gasteiger partial charge in [0.15, 0.2) is 0 Å². The lowest BCUT2D eigenvalue weighted by molar-refractivity contribution is -0.383. The number of rotatable bonds is 7. The minimum absolute atomic E-state index is 0.0247. The Hall–Kier alpha value is -3.96. The molecule has 32 heavy (non-hydrogen) atoms. The summed E-state index contributed by atoms with van der Waals surface area (Å²) in [6.07, 6.45) is 0.841. The number of nitrogens with one attached hydrogen (secondary N) is 1. The first-order valence-electron chi connectivity index (χ1n) is 10.1. The van der Waals surface area contributed by atoms with Crippen molar-refractivity contribution in [2.24, 2.45) is 0 Å². The first-order valence-corrected chi connectivity index (χ1v) is 10.1. The highest BCUT2D eigenvalue weighted by Gasteiger charge is 2.30. The molecule has 1 fully saturated rings. The number of hydrogen-bond acceptors (Lipinski definition) is 10. The molecule has 0 bridgehead atoms. The molecule has 1 amide bonds. The van der Waals surface area contributed by atoms with E-state index in [1.807, 2.05) is 0 Å². The third-order valence-electron chi connectivity index (χ3n) is 4.75. The molecule has 0 atom stereocenters. The third kappa shape index (κ3) is 5.20. The first-order chi connectivity index (χ1) is 15.4. The Labute approximate surface area is 184 Å². The van der Waals surface area contributed by atoms with Gasteiger partial charge in [-0.05, 0) is 38.1 Å². The number of benzene rings is 1. The van der Waals surface area contributed by atoms with Crippen LogP contribution in [0.4, 0.5) is 27.8 Å². The van der Waals surface area contributed by atoms with E-state index in [9.17, 15) is 19.7 Å². The average molecular weight is 444 g/mol. The molecule has 1 aliphatic rings. The summed E-state index contributed by atoms with van der Waals surface area (Å²) in [6.45, 7) is 5.45. The predicted octanol–water partition coefficient (Wildman–Crippen LogP) is 2.58. The van der Waals surface area contributed by atoms with Gasteiger partial charge in [0.1, 0.15) is 6.33 Å². The summed E-state index contributed by atoms with van der Waals surface area (Å²) in [7, 11) is 0. The number of amides is 1. The summed E-state index contributed by atoms with van der Waals surface area (Å²) >= 11 is 0. The highest BCUT2D eigenvalue weighted by molar-refractivity contribution is 5.90. The second kappa shape index (κ2) is 10.4. The van der Waals surface area contributed by atoms with Gasteiger partial charge in [-0.1, -0.05) is 0 Å². The van der Waals surface area contributed by atoms with Gasteiger partial charge < -0.3 is 24.6 Å². The molecule has 12 heteroatoms. The van der Waals surface area contributed by atoms with E-state index in [2.05, 4.69) is 15.3 Å². The maximum absolute atomic E-state index is 11.9. The van der Waals surface area contributed by atoms with E-state index in [0.29, 0.717) is 37.4 Å². The highest BCUT2D eigenvalue weighted by atomic mass is 16.6. The zero-order valence-electron chi connectivity index (χ0n) is 17.8. The average Bonchev–Trinajstić information content (AvgIpc) is 2.79. The molecule has 1 aromatic carbocycles. The number of piperazine rings is 1. The van der Waals surface area contributed by atoms with E-state index in [1.54, 1.807) is 47.9 Å². The van der Waals surface area contributed by atoms with Crippen LogP contribution in [0.2, 0.25) is 0 Å². The van der Waals surface area contributed by atoms with Crippen LogP contribution >= 0.6 is 0 Å². The fourth-order valence-electron chi connectivity index (χ4n) is 3.22. The van der Waals surface area contributed by atoms with Gasteiger partial charge in [0, 0.05) is 31.9 Å². The molecule has 12 nitrogen and oxygen atoms in total. The van der Waals surface area contributed by atoms with Crippen LogP contribution < -0.4 is 10.2 Å². The normalized spacial score (nSPS) is 13.4. The summed E-state index contributed by atoms with van der Waals surface area (Å²) in [5, 5.41) is 14.8. The Balaban J connectivity index is 1.78. The summed E-state index contributed by atoms with van der Waals surface area (Å²) in [4.78, 5) is 46.5. The van der Waals surface area contributed by atoms with E-state index in [-0.39, 0.29) is 30.5 Å². The molecule has 0 unspecified atom stereocenters. The van der Waals surface area contributed by atoms with E-state index in [1.165, 1.54) is 6.33 Å². The van der Waals surface area contributed by atoms with Crippen LogP contribution in [-0.2, 0) is 9.47 Å². The van der Waals surface area contributed by atoms with Crippen molar-refractivity contribution in [3.05, 3.63) is 46.3 Å². The Morgan fingerprint density at radius 2 is 1.72 bits per heavy atom. The van der Waals surface area contributed by atoms with Crippen LogP contribution in [-0.4, -0.2) is 71.2 Å². The molecular weight excluding hydrogens is 420 g/mol. The fraction of sp³-hybridized carbons (Fsp3) is 0.400. The van der Waals surface area contributed by atoms with Crippen molar-refractivity contribution in [3.63, 3.8) is 0 Å². The van der Waals surface area contributed by atoms with Crippen molar-refractivity contribution in [2.45, 2.75) is 13.8 Å². The number of aromatic nitrogens is 2. The molecule has 1 saturated heterocycles. The number of anilines is 3. The second-order valence-corrected chi connectivity index (χ2v) is 6.75. The van der Waals surface area contributed by atoms with Gasteiger partial charge >= 0.3 is 17.7 Å². The topological polar surface area (TPSA) is 140 Å². The second-order valence-electron chi connectivity index (χ2n) is 6.75. The van der Waals surface area contributed by atoms with Gasteiger partial charge in [0.25, 0.3) is 0 Å². The SMILES string of the molecule is CCOC(=O)c1ccc(Nc2ncnc(N3CCN(C(=O)OCC)CC3)c2[N+](=O)[O-])cc1. The Morgan fingerprint density at radius 3 is 2.31 bits per heavy atom. The molecule has 2 aromatic rings. The lowest BCUT2D eigenvalue weighted by atomic mass is 10.2.